The Kier molecular flexibility index (Phi) is 9.48. The monoisotopic (exact) mass is 272 g/mol. The fraction of sp³-hybridized carbons (Fsp3) is 0.769. The molecule has 0 aliphatic carbocycles. The second-order valence-corrected chi connectivity index (χ2v) is 4.67. The molecule has 0 aromatic rings. The molecule has 0 saturated carbocycles. The van der Waals surface area contributed by atoms with E-state index in [1.165, 1.54) is 12.8 Å². The van der Waals surface area contributed by atoms with Gasteiger partial charge in [0.2, 0.25) is 5.91 Å². The molecule has 0 rings (SSSR count). The molecule has 3 N–H and O–H groups in total. The summed E-state index contributed by atoms with van der Waals surface area (Å²) in [6.07, 6.45) is 4.95. The molecule has 0 radical (unpaired) electrons. The second kappa shape index (κ2) is 10.3. The Morgan fingerprint density at radius 2 is 1.79 bits per heavy atom. The summed E-state index contributed by atoms with van der Waals surface area (Å²) in [7, 11) is 0. The lowest BCUT2D eigenvalue weighted by Crippen LogP contribution is -2.43. The number of carboxylic acid groups (broad SMARTS) is 1. The highest BCUT2D eigenvalue weighted by Gasteiger charge is 2.11. The van der Waals surface area contributed by atoms with Gasteiger partial charge in [-0.25, -0.2) is 4.79 Å². The highest BCUT2D eigenvalue weighted by atomic mass is 16.4. The van der Waals surface area contributed by atoms with Crippen LogP contribution in [0, 0.1) is 0 Å². The molecule has 0 spiro atoms. The molecular weight excluding hydrogens is 248 g/mol. The molecule has 0 aromatic carbocycles. The van der Waals surface area contributed by atoms with Crippen LogP contribution in [0.2, 0.25) is 0 Å². The number of amides is 3. The number of hydrogen-bond acceptors (Lipinski definition) is 3. The van der Waals surface area contributed by atoms with Crippen molar-refractivity contribution in [2.45, 2.75) is 64.8 Å². The summed E-state index contributed by atoms with van der Waals surface area (Å²) in [6, 6.07) is -0.553. The van der Waals surface area contributed by atoms with Gasteiger partial charge in [0, 0.05) is 12.5 Å². The van der Waals surface area contributed by atoms with Gasteiger partial charge in [-0.15, -0.1) is 0 Å². The Hall–Kier alpha value is -1.59. The van der Waals surface area contributed by atoms with Crippen LogP contribution in [0.15, 0.2) is 0 Å². The average Bonchev–Trinajstić information content (AvgIpc) is 2.32. The maximum atomic E-state index is 11.4. The Bertz CT molecular complexity index is 305. The first-order valence-corrected chi connectivity index (χ1v) is 6.77. The van der Waals surface area contributed by atoms with Gasteiger partial charge in [0.15, 0.2) is 0 Å². The molecule has 0 aliphatic rings. The number of hydrogen-bond donors (Lipinski definition) is 3. The number of urea groups is 1. The van der Waals surface area contributed by atoms with Crippen molar-refractivity contribution in [2.24, 2.45) is 0 Å². The predicted octanol–water partition coefficient (Wildman–Crippen LogP) is 2.04. The molecule has 6 heteroatoms. The number of imide groups is 1. The molecule has 19 heavy (non-hydrogen) atoms. The van der Waals surface area contributed by atoms with E-state index in [4.69, 9.17) is 5.11 Å². The maximum Gasteiger partial charge on any atom is 0.321 e. The fourth-order valence-corrected chi connectivity index (χ4v) is 1.62. The van der Waals surface area contributed by atoms with Gasteiger partial charge >= 0.3 is 12.0 Å². The molecule has 1 unspecified atom stereocenters. The SMILES string of the molecule is CCCCCCC(C)NC(=O)NC(=O)CCC(=O)O. The highest BCUT2D eigenvalue weighted by molar-refractivity contribution is 5.95. The number of unbranched alkanes of at least 4 members (excludes halogenated alkanes) is 3. The molecule has 0 aliphatic heterocycles. The van der Waals surface area contributed by atoms with Crippen LogP contribution in [0.1, 0.15) is 58.8 Å². The number of nitrogens with one attached hydrogen (secondary N) is 2. The smallest absolute Gasteiger partial charge is 0.321 e. The van der Waals surface area contributed by atoms with Crippen LogP contribution >= 0.6 is 0 Å². The minimum absolute atomic E-state index is 0.00382. The Morgan fingerprint density at radius 1 is 1.11 bits per heavy atom. The van der Waals surface area contributed by atoms with Gasteiger partial charge in [-0.05, 0) is 13.3 Å². The minimum atomic E-state index is -1.06. The van der Waals surface area contributed by atoms with Crippen molar-refractivity contribution >= 4 is 17.9 Å². The van der Waals surface area contributed by atoms with Gasteiger partial charge in [0.1, 0.15) is 0 Å². The molecule has 110 valence electrons. The minimum Gasteiger partial charge on any atom is -0.481 e. The quantitative estimate of drug-likeness (QED) is 0.560. The van der Waals surface area contributed by atoms with Crippen LogP contribution in [0.25, 0.3) is 0 Å². The lowest BCUT2D eigenvalue weighted by molar-refractivity contribution is -0.138. The van der Waals surface area contributed by atoms with Gasteiger partial charge in [-0.2, -0.15) is 0 Å². The predicted molar refractivity (Wildman–Crippen MR) is 71.8 cm³/mol. The molecule has 0 heterocycles. The maximum absolute atomic E-state index is 11.4. The number of aliphatic carboxylic acids is 1. The molecule has 3 amide bonds. The third kappa shape index (κ3) is 11.2. The van der Waals surface area contributed by atoms with Crippen LogP contribution in [-0.4, -0.2) is 29.1 Å². The largest absolute Gasteiger partial charge is 0.481 e. The topological polar surface area (TPSA) is 95.5 Å². The van der Waals surface area contributed by atoms with Gasteiger partial charge in [-0.3, -0.25) is 14.9 Å². The number of carbonyl (C=O) groups is 3. The van der Waals surface area contributed by atoms with Crippen LogP contribution < -0.4 is 10.6 Å². The van der Waals surface area contributed by atoms with Crippen molar-refractivity contribution < 1.29 is 19.5 Å². The van der Waals surface area contributed by atoms with E-state index in [-0.39, 0.29) is 18.9 Å². The molecule has 1 atom stereocenters. The summed E-state index contributed by atoms with van der Waals surface area (Å²) in [5.74, 6) is -1.63. The molecule has 6 nitrogen and oxygen atoms in total. The summed E-state index contributed by atoms with van der Waals surface area (Å²) in [5.41, 5.74) is 0. The number of carbonyl (C=O) groups excluding carboxylic acids is 2. The normalized spacial score (nSPS) is 11.7. The van der Waals surface area contributed by atoms with Crippen molar-refractivity contribution in [3.05, 3.63) is 0 Å². The molecular formula is C13H24N2O4. The Morgan fingerprint density at radius 3 is 2.37 bits per heavy atom. The van der Waals surface area contributed by atoms with Crippen molar-refractivity contribution in [3.8, 4) is 0 Å². The Balaban J connectivity index is 3.71. The molecule has 0 fully saturated rings. The summed E-state index contributed by atoms with van der Waals surface area (Å²) in [4.78, 5) is 32.9. The first kappa shape index (κ1) is 17.4. The van der Waals surface area contributed by atoms with Gasteiger partial charge in [0.05, 0.1) is 6.42 Å². The van der Waals surface area contributed by atoms with E-state index in [1.807, 2.05) is 6.92 Å². The van der Waals surface area contributed by atoms with Crippen molar-refractivity contribution in [3.63, 3.8) is 0 Å². The Labute approximate surface area is 113 Å². The summed E-state index contributed by atoms with van der Waals surface area (Å²) in [5, 5.41) is 13.2. The van der Waals surface area contributed by atoms with Crippen LogP contribution in [0.5, 0.6) is 0 Å². The van der Waals surface area contributed by atoms with E-state index in [1.54, 1.807) is 0 Å². The zero-order valence-corrected chi connectivity index (χ0v) is 11.7. The first-order valence-electron chi connectivity index (χ1n) is 6.77. The molecule has 0 aromatic heterocycles. The standard InChI is InChI=1S/C13H24N2O4/c1-3-4-5-6-7-10(2)14-13(19)15-11(16)8-9-12(17)18/h10H,3-9H2,1-2H3,(H,17,18)(H2,14,15,16,19). The zero-order valence-electron chi connectivity index (χ0n) is 11.7. The molecule has 0 bridgehead atoms. The van der Waals surface area contributed by atoms with E-state index in [0.717, 1.165) is 19.3 Å². The highest BCUT2D eigenvalue weighted by Crippen LogP contribution is 2.05. The summed E-state index contributed by atoms with van der Waals surface area (Å²) < 4.78 is 0. The number of rotatable bonds is 9. The lowest BCUT2D eigenvalue weighted by Gasteiger charge is -2.13. The first-order chi connectivity index (χ1) is 8.95. The van der Waals surface area contributed by atoms with Gasteiger partial charge in [-0.1, -0.05) is 32.6 Å². The van der Waals surface area contributed by atoms with E-state index in [2.05, 4.69) is 17.6 Å². The average molecular weight is 272 g/mol. The van der Waals surface area contributed by atoms with Crippen LogP contribution in [0.3, 0.4) is 0 Å². The third-order valence-corrected chi connectivity index (χ3v) is 2.69. The van der Waals surface area contributed by atoms with Crippen LogP contribution in [0.4, 0.5) is 4.79 Å². The van der Waals surface area contributed by atoms with E-state index in [0.29, 0.717) is 0 Å². The van der Waals surface area contributed by atoms with Crippen LogP contribution in [-0.2, 0) is 9.59 Å². The third-order valence-electron chi connectivity index (χ3n) is 2.69. The van der Waals surface area contributed by atoms with Crippen molar-refractivity contribution in [1.29, 1.82) is 0 Å². The van der Waals surface area contributed by atoms with E-state index >= 15 is 0 Å². The fourth-order valence-electron chi connectivity index (χ4n) is 1.62. The molecule has 0 saturated heterocycles. The van der Waals surface area contributed by atoms with Crippen molar-refractivity contribution in [1.82, 2.24) is 10.6 Å². The van der Waals surface area contributed by atoms with Gasteiger partial charge < -0.3 is 10.4 Å². The second-order valence-electron chi connectivity index (χ2n) is 4.67. The summed E-state index contributed by atoms with van der Waals surface area (Å²) >= 11 is 0. The number of carboxylic acids is 1. The van der Waals surface area contributed by atoms with E-state index in [9.17, 15) is 14.4 Å². The van der Waals surface area contributed by atoms with Crippen molar-refractivity contribution in [2.75, 3.05) is 0 Å². The lowest BCUT2D eigenvalue weighted by atomic mass is 10.1. The zero-order chi connectivity index (χ0) is 14.7. The summed E-state index contributed by atoms with van der Waals surface area (Å²) in [6.45, 7) is 4.02. The van der Waals surface area contributed by atoms with E-state index < -0.39 is 17.9 Å². The van der Waals surface area contributed by atoms with Gasteiger partial charge in [0.25, 0.3) is 0 Å².